The summed E-state index contributed by atoms with van der Waals surface area (Å²) in [5, 5.41) is 10.2. The zero-order chi connectivity index (χ0) is 23.3. The number of nitrogens with one attached hydrogen (secondary N) is 3. The monoisotopic (exact) mass is 452 g/mol. The molecule has 1 aliphatic rings. The van der Waals surface area contributed by atoms with E-state index in [-0.39, 0.29) is 5.91 Å². The molecule has 0 saturated carbocycles. The fraction of sp³-hybridized carbons (Fsp3) is 0.160. The van der Waals surface area contributed by atoms with Gasteiger partial charge in [-0.05, 0) is 48.5 Å². The van der Waals surface area contributed by atoms with Gasteiger partial charge in [-0.15, -0.1) is 0 Å². The minimum atomic E-state index is -0.292. The highest BCUT2D eigenvalue weighted by molar-refractivity contribution is 5.99. The lowest BCUT2D eigenvalue weighted by atomic mass is 10.1. The number of hydrogen-bond acceptors (Lipinski definition) is 8. The SMILES string of the molecule is C=CC(=O)Nc1ccnc(-c2nccc3cnc(Nc4ccc(N5CCNCC5)cc4)nc23)c1. The van der Waals surface area contributed by atoms with Crippen molar-refractivity contribution in [3.8, 4) is 11.4 Å². The van der Waals surface area contributed by atoms with Crippen LogP contribution in [-0.4, -0.2) is 52.0 Å². The first-order valence-corrected chi connectivity index (χ1v) is 11.0. The molecule has 1 aliphatic heterocycles. The van der Waals surface area contributed by atoms with E-state index in [9.17, 15) is 4.79 Å². The third-order valence-corrected chi connectivity index (χ3v) is 5.56. The third kappa shape index (κ3) is 4.69. The van der Waals surface area contributed by atoms with Crippen molar-refractivity contribution in [2.45, 2.75) is 0 Å². The number of carbonyl (C=O) groups excluding carboxylic acids is 1. The zero-order valence-electron chi connectivity index (χ0n) is 18.5. The van der Waals surface area contributed by atoms with Crippen molar-refractivity contribution in [3.05, 3.63) is 73.7 Å². The highest BCUT2D eigenvalue weighted by atomic mass is 16.1. The van der Waals surface area contributed by atoms with Crippen LogP contribution in [0.3, 0.4) is 0 Å². The normalized spacial score (nSPS) is 13.5. The summed E-state index contributed by atoms with van der Waals surface area (Å²) in [6, 6.07) is 13.6. The molecule has 0 bridgehead atoms. The fourth-order valence-electron chi connectivity index (χ4n) is 3.84. The maximum absolute atomic E-state index is 11.7. The summed E-state index contributed by atoms with van der Waals surface area (Å²) in [6.07, 6.45) is 6.29. The van der Waals surface area contributed by atoms with Crippen molar-refractivity contribution >= 4 is 39.8 Å². The summed E-state index contributed by atoms with van der Waals surface area (Å²) in [4.78, 5) is 32.2. The molecule has 0 radical (unpaired) electrons. The van der Waals surface area contributed by atoms with E-state index in [0.29, 0.717) is 28.5 Å². The number of fused-ring (bicyclic) bond motifs is 1. The summed E-state index contributed by atoms with van der Waals surface area (Å²) in [5.74, 6) is 0.174. The predicted molar refractivity (Wildman–Crippen MR) is 134 cm³/mol. The molecule has 5 rings (SSSR count). The molecule has 1 aromatic carbocycles. The number of aromatic nitrogens is 4. The molecule has 3 aromatic heterocycles. The van der Waals surface area contributed by atoms with Gasteiger partial charge in [0.05, 0.1) is 5.69 Å². The van der Waals surface area contributed by atoms with Crippen LogP contribution in [0.5, 0.6) is 0 Å². The maximum Gasteiger partial charge on any atom is 0.247 e. The molecule has 3 N–H and O–H groups in total. The first-order chi connectivity index (χ1) is 16.7. The summed E-state index contributed by atoms with van der Waals surface area (Å²) >= 11 is 0. The number of rotatable bonds is 6. The average molecular weight is 453 g/mol. The van der Waals surface area contributed by atoms with E-state index in [1.54, 1.807) is 30.7 Å². The quantitative estimate of drug-likeness (QED) is 0.382. The Morgan fingerprint density at radius 2 is 1.79 bits per heavy atom. The first kappa shape index (κ1) is 21.5. The number of carbonyl (C=O) groups is 1. The lowest BCUT2D eigenvalue weighted by Gasteiger charge is -2.29. The van der Waals surface area contributed by atoms with Crippen LogP contribution in [0.2, 0.25) is 0 Å². The topological polar surface area (TPSA) is 108 Å². The number of hydrogen-bond donors (Lipinski definition) is 3. The number of pyridine rings is 2. The molecule has 1 amide bonds. The highest BCUT2D eigenvalue weighted by Gasteiger charge is 2.13. The van der Waals surface area contributed by atoms with Gasteiger partial charge in [-0.1, -0.05) is 6.58 Å². The Hall–Kier alpha value is -4.37. The van der Waals surface area contributed by atoms with E-state index >= 15 is 0 Å². The molecule has 0 unspecified atom stereocenters. The van der Waals surface area contributed by atoms with Crippen molar-refractivity contribution in [1.29, 1.82) is 0 Å². The zero-order valence-corrected chi connectivity index (χ0v) is 18.5. The Morgan fingerprint density at radius 1 is 1.00 bits per heavy atom. The molecule has 34 heavy (non-hydrogen) atoms. The smallest absolute Gasteiger partial charge is 0.247 e. The van der Waals surface area contributed by atoms with E-state index in [2.05, 4.69) is 54.5 Å². The molecular formula is C25H24N8O. The molecule has 1 fully saturated rings. The molecule has 0 atom stereocenters. The molecular weight excluding hydrogens is 428 g/mol. The van der Waals surface area contributed by atoms with Gasteiger partial charge in [0.1, 0.15) is 11.2 Å². The number of amides is 1. The number of benzene rings is 1. The van der Waals surface area contributed by atoms with E-state index in [0.717, 1.165) is 37.3 Å². The summed E-state index contributed by atoms with van der Waals surface area (Å²) < 4.78 is 0. The number of piperazine rings is 1. The Morgan fingerprint density at radius 3 is 2.59 bits per heavy atom. The lowest BCUT2D eigenvalue weighted by Crippen LogP contribution is -2.43. The van der Waals surface area contributed by atoms with Crippen molar-refractivity contribution in [2.75, 3.05) is 41.7 Å². The van der Waals surface area contributed by atoms with E-state index in [4.69, 9.17) is 4.98 Å². The van der Waals surface area contributed by atoms with Crippen LogP contribution in [0, 0.1) is 0 Å². The van der Waals surface area contributed by atoms with Crippen LogP contribution in [-0.2, 0) is 4.79 Å². The lowest BCUT2D eigenvalue weighted by molar-refractivity contribution is -0.111. The van der Waals surface area contributed by atoms with Crippen LogP contribution in [0.15, 0.2) is 73.7 Å². The van der Waals surface area contributed by atoms with Gasteiger partial charge in [-0.3, -0.25) is 14.8 Å². The Bertz CT molecular complexity index is 1330. The van der Waals surface area contributed by atoms with E-state index < -0.39 is 0 Å². The molecule has 4 aromatic rings. The Balaban J connectivity index is 1.41. The molecule has 9 nitrogen and oxygen atoms in total. The van der Waals surface area contributed by atoms with Gasteiger partial charge in [-0.2, -0.15) is 0 Å². The third-order valence-electron chi connectivity index (χ3n) is 5.56. The molecule has 1 saturated heterocycles. The fourth-order valence-corrected chi connectivity index (χ4v) is 3.84. The van der Waals surface area contributed by atoms with Gasteiger partial charge in [0.25, 0.3) is 0 Å². The van der Waals surface area contributed by atoms with Gasteiger partial charge < -0.3 is 20.9 Å². The summed E-state index contributed by atoms with van der Waals surface area (Å²) in [6.45, 7) is 7.49. The Kier molecular flexibility index (Phi) is 6.09. The second-order valence-corrected chi connectivity index (χ2v) is 7.82. The van der Waals surface area contributed by atoms with Crippen LogP contribution in [0.1, 0.15) is 0 Å². The highest BCUT2D eigenvalue weighted by Crippen LogP contribution is 2.27. The molecule has 0 aliphatic carbocycles. The second-order valence-electron chi connectivity index (χ2n) is 7.82. The average Bonchev–Trinajstić information content (AvgIpc) is 2.89. The second kappa shape index (κ2) is 9.63. The van der Waals surface area contributed by atoms with Crippen LogP contribution in [0.25, 0.3) is 22.3 Å². The summed E-state index contributed by atoms with van der Waals surface area (Å²) in [5.41, 5.74) is 4.57. The van der Waals surface area contributed by atoms with Gasteiger partial charge in [0.2, 0.25) is 11.9 Å². The minimum Gasteiger partial charge on any atom is -0.369 e. The van der Waals surface area contributed by atoms with Crippen molar-refractivity contribution < 1.29 is 4.79 Å². The molecule has 4 heterocycles. The first-order valence-electron chi connectivity index (χ1n) is 11.0. The van der Waals surface area contributed by atoms with E-state index in [1.165, 1.54) is 11.8 Å². The van der Waals surface area contributed by atoms with Crippen molar-refractivity contribution in [3.63, 3.8) is 0 Å². The van der Waals surface area contributed by atoms with Gasteiger partial charge in [0.15, 0.2) is 0 Å². The molecule has 170 valence electrons. The van der Waals surface area contributed by atoms with Gasteiger partial charge in [-0.25, -0.2) is 9.97 Å². The molecule has 0 spiro atoms. The van der Waals surface area contributed by atoms with Crippen molar-refractivity contribution in [2.24, 2.45) is 0 Å². The van der Waals surface area contributed by atoms with Crippen molar-refractivity contribution in [1.82, 2.24) is 25.3 Å². The standard InChI is InChI=1S/C25H24N8O/c1-2-22(34)30-19-8-10-27-21(15-19)24-23-17(7-9-28-24)16-29-25(32-23)31-18-3-5-20(6-4-18)33-13-11-26-12-14-33/h2-10,15-16,26H,1,11-14H2,(H,27,30,34)(H,29,31,32). The van der Waals surface area contributed by atoms with Gasteiger partial charge in [0, 0.05) is 67.2 Å². The number of anilines is 4. The van der Waals surface area contributed by atoms with Crippen LogP contribution in [0.4, 0.5) is 23.0 Å². The van der Waals surface area contributed by atoms with Gasteiger partial charge >= 0.3 is 0 Å². The predicted octanol–water partition coefficient (Wildman–Crippen LogP) is 3.36. The molecule has 9 heteroatoms. The minimum absolute atomic E-state index is 0.292. The summed E-state index contributed by atoms with van der Waals surface area (Å²) in [7, 11) is 0. The largest absolute Gasteiger partial charge is 0.369 e. The van der Waals surface area contributed by atoms with Crippen LogP contribution < -0.4 is 20.9 Å². The Labute approximate surface area is 197 Å². The van der Waals surface area contributed by atoms with E-state index in [1.807, 2.05) is 18.2 Å². The maximum atomic E-state index is 11.7. The number of nitrogens with zero attached hydrogens (tertiary/aromatic N) is 5. The van der Waals surface area contributed by atoms with Crippen LogP contribution >= 0.6 is 0 Å².